The van der Waals surface area contributed by atoms with Gasteiger partial charge in [-0.05, 0) is 50.1 Å². The van der Waals surface area contributed by atoms with Gasteiger partial charge < -0.3 is 14.3 Å². The smallest absolute Gasteiger partial charge is 0.207 e. The Bertz CT molecular complexity index is 1720. The first-order chi connectivity index (χ1) is 17.5. The number of aromatic amines is 1. The van der Waals surface area contributed by atoms with Crippen molar-refractivity contribution in [2.45, 2.75) is 26.9 Å². The van der Waals surface area contributed by atoms with Crippen molar-refractivity contribution in [3.05, 3.63) is 95.6 Å². The van der Waals surface area contributed by atoms with Gasteiger partial charge in [-0.15, -0.1) is 0 Å². The number of aryl methyl sites for hydroxylation is 2. The normalized spacial score (nSPS) is 12.3. The lowest BCUT2D eigenvalue weighted by Crippen LogP contribution is -2.04. The van der Waals surface area contributed by atoms with E-state index in [9.17, 15) is 5.11 Å². The highest BCUT2D eigenvalue weighted by Gasteiger charge is 2.21. The van der Waals surface area contributed by atoms with Crippen LogP contribution in [0, 0.1) is 13.8 Å². The van der Waals surface area contributed by atoms with Crippen molar-refractivity contribution >= 4 is 21.9 Å². The Balaban J connectivity index is 1.59. The number of aromatic hydroxyl groups is 1. The minimum absolute atomic E-state index is 0.01000. The summed E-state index contributed by atoms with van der Waals surface area (Å²) in [5, 5.41) is 18.9. The predicted octanol–water partition coefficient (Wildman–Crippen LogP) is 7.50. The van der Waals surface area contributed by atoms with Crippen molar-refractivity contribution < 1.29 is 14.3 Å². The summed E-state index contributed by atoms with van der Waals surface area (Å²) in [5.41, 5.74) is 6.80. The summed E-state index contributed by atoms with van der Waals surface area (Å²) in [4.78, 5) is 5.06. The van der Waals surface area contributed by atoms with Gasteiger partial charge >= 0.3 is 0 Å². The lowest BCUT2D eigenvalue weighted by molar-refractivity contribution is 0.230. The maximum atomic E-state index is 10.0. The molecule has 6 nitrogen and oxygen atoms in total. The molecule has 6 heteroatoms. The SMILES string of the molecule is Cc1c(-c2cc(-c3cc(O)[nH]n3)c3c(O[C@@H](C)c4ccccc4)ccc(C)c3n2)oc2ccccc12. The standard InChI is InChI=1S/C30H25N3O3/c1-17-13-14-26(35-19(3)20-9-5-4-6-10-20)28-22(23-16-27(34)33-32-23)15-24(31-29(17)28)30-18(2)21-11-7-8-12-25(21)36-30/h4-16,19H,1-3H3,(H2,32,33,34)/t19-/m0/s1. The van der Waals surface area contributed by atoms with Crippen LogP contribution in [0.5, 0.6) is 11.6 Å². The molecule has 0 amide bonds. The van der Waals surface area contributed by atoms with Crippen LogP contribution in [-0.2, 0) is 0 Å². The molecule has 3 aromatic heterocycles. The number of benzene rings is 3. The van der Waals surface area contributed by atoms with Crippen molar-refractivity contribution in [2.24, 2.45) is 0 Å². The molecule has 0 saturated carbocycles. The van der Waals surface area contributed by atoms with Crippen LogP contribution in [0.4, 0.5) is 0 Å². The third kappa shape index (κ3) is 3.67. The second-order valence-corrected chi connectivity index (χ2v) is 9.02. The number of aromatic nitrogens is 3. The second-order valence-electron chi connectivity index (χ2n) is 9.02. The molecule has 0 radical (unpaired) electrons. The van der Waals surface area contributed by atoms with Gasteiger partial charge in [0.1, 0.15) is 23.1 Å². The lowest BCUT2D eigenvalue weighted by atomic mass is 9.99. The number of ether oxygens (including phenoxy) is 1. The Morgan fingerprint density at radius 3 is 2.44 bits per heavy atom. The Morgan fingerprint density at radius 1 is 0.917 bits per heavy atom. The molecule has 3 heterocycles. The first-order valence-electron chi connectivity index (χ1n) is 11.9. The first kappa shape index (κ1) is 21.9. The van der Waals surface area contributed by atoms with E-state index in [4.69, 9.17) is 14.1 Å². The van der Waals surface area contributed by atoms with Crippen LogP contribution in [-0.4, -0.2) is 20.3 Å². The van der Waals surface area contributed by atoms with Crippen molar-refractivity contribution in [1.82, 2.24) is 15.2 Å². The maximum absolute atomic E-state index is 10.0. The molecule has 178 valence electrons. The summed E-state index contributed by atoms with van der Waals surface area (Å²) in [6.07, 6.45) is -0.171. The van der Waals surface area contributed by atoms with Gasteiger partial charge in [0.05, 0.1) is 16.6 Å². The average molecular weight is 476 g/mol. The first-order valence-corrected chi connectivity index (χ1v) is 11.9. The molecule has 6 rings (SSSR count). The molecule has 6 aromatic rings. The van der Waals surface area contributed by atoms with Crippen molar-refractivity contribution in [3.63, 3.8) is 0 Å². The van der Waals surface area contributed by atoms with Gasteiger partial charge in [0.25, 0.3) is 0 Å². The monoisotopic (exact) mass is 475 g/mol. The third-order valence-electron chi connectivity index (χ3n) is 6.61. The van der Waals surface area contributed by atoms with E-state index in [-0.39, 0.29) is 12.0 Å². The molecular weight excluding hydrogens is 450 g/mol. The average Bonchev–Trinajstić information content (AvgIpc) is 3.49. The Kier molecular flexibility index (Phi) is 5.22. The Hall–Kier alpha value is -4.58. The fourth-order valence-electron chi connectivity index (χ4n) is 4.71. The predicted molar refractivity (Wildman–Crippen MR) is 141 cm³/mol. The van der Waals surface area contributed by atoms with Gasteiger partial charge in [-0.25, -0.2) is 10.1 Å². The number of rotatable bonds is 5. The quantitative estimate of drug-likeness (QED) is 0.270. The van der Waals surface area contributed by atoms with Crippen molar-refractivity contribution in [1.29, 1.82) is 0 Å². The molecule has 0 aliphatic rings. The van der Waals surface area contributed by atoms with Crippen LogP contribution >= 0.6 is 0 Å². The minimum atomic E-state index is -0.171. The molecule has 2 N–H and O–H groups in total. The molecule has 0 aliphatic carbocycles. The maximum Gasteiger partial charge on any atom is 0.207 e. The van der Waals surface area contributed by atoms with Gasteiger partial charge in [0, 0.05) is 22.6 Å². The van der Waals surface area contributed by atoms with Crippen LogP contribution in [0.25, 0.3) is 44.6 Å². The minimum Gasteiger partial charge on any atom is -0.494 e. The molecule has 0 fully saturated rings. The van der Waals surface area contributed by atoms with Gasteiger partial charge in [0.15, 0.2) is 5.76 Å². The van der Waals surface area contributed by atoms with Gasteiger partial charge in [-0.2, -0.15) is 5.10 Å². The molecule has 0 spiro atoms. The fourth-order valence-corrected chi connectivity index (χ4v) is 4.71. The Labute approximate surface area is 208 Å². The zero-order valence-corrected chi connectivity index (χ0v) is 20.2. The summed E-state index contributed by atoms with van der Waals surface area (Å²) in [7, 11) is 0. The van der Waals surface area contributed by atoms with Gasteiger partial charge in [-0.1, -0.05) is 54.6 Å². The summed E-state index contributed by atoms with van der Waals surface area (Å²) in [6.45, 7) is 6.10. The third-order valence-corrected chi connectivity index (χ3v) is 6.61. The van der Waals surface area contributed by atoms with Gasteiger partial charge in [0.2, 0.25) is 5.88 Å². The zero-order chi connectivity index (χ0) is 24.8. The highest BCUT2D eigenvalue weighted by Crippen LogP contribution is 2.41. The zero-order valence-electron chi connectivity index (χ0n) is 20.2. The molecule has 1 atom stereocenters. The van der Waals surface area contributed by atoms with E-state index in [0.29, 0.717) is 22.9 Å². The number of fused-ring (bicyclic) bond motifs is 2. The molecule has 0 bridgehead atoms. The topological polar surface area (TPSA) is 84.2 Å². The molecular formula is C30H25N3O3. The number of para-hydroxylation sites is 1. The van der Waals surface area contributed by atoms with Crippen LogP contribution in [0.1, 0.15) is 29.7 Å². The lowest BCUT2D eigenvalue weighted by Gasteiger charge is -2.19. The molecule has 0 saturated heterocycles. The van der Waals surface area contributed by atoms with E-state index in [2.05, 4.69) is 22.3 Å². The van der Waals surface area contributed by atoms with Crippen molar-refractivity contribution in [3.8, 4) is 34.3 Å². The van der Waals surface area contributed by atoms with E-state index >= 15 is 0 Å². The number of furan rings is 1. The van der Waals surface area contributed by atoms with E-state index in [1.165, 1.54) is 0 Å². The van der Waals surface area contributed by atoms with Crippen LogP contribution in [0.3, 0.4) is 0 Å². The van der Waals surface area contributed by atoms with Gasteiger partial charge in [-0.3, -0.25) is 0 Å². The summed E-state index contributed by atoms with van der Waals surface area (Å²) >= 11 is 0. The van der Waals surface area contributed by atoms with Crippen LogP contribution < -0.4 is 4.74 Å². The number of nitrogens with zero attached hydrogens (tertiary/aromatic N) is 2. The molecule has 36 heavy (non-hydrogen) atoms. The number of H-pyrrole nitrogens is 1. The van der Waals surface area contributed by atoms with E-state index < -0.39 is 0 Å². The second kappa shape index (κ2) is 8.57. The largest absolute Gasteiger partial charge is 0.494 e. The summed E-state index contributed by atoms with van der Waals surface area (Å²) < 4.78 is 12.7. The Morgan fingerprint density at radius 2 is 1.69 bits per heavy atom. The number of pyridine rings is 1. The van der Waals surface area contributed by atoms with E-state index in [1.54, 1.807) is 6.07 Å². The highest BCUT2D eigenvalue weighted by atomic mass is 16.5. The number of hydrogen-bond donors (Lipinski definition) is 2. The summed E-state index contributed by atoms with van der Waals surface area (Å²) in [5.74, 6) is 1.40. The number of nitrogens with one attached hydrogen (secondary N) is 1. The van der Waals surface area contributed by atoms with Crippen molar-refractivity contribution in [2.75, 3.05) is 0 Å². The molecule has 3 aromatic carbocycles. The fraction of sp³-hybridized carbons (Fsp3) is 0.133. The number of hydrogen-bond acceptors (Lipinski definition) is 5. The highest BCUT2D eigenvalue weighted by molar-refractivity contribution is 6.02. The molecule has 0 unspecified atom stereocenters. The van der Waals surface area contributed by atoms with E-state index in [0.717, 1.165) is 44.1 Å². The van der Waals surface area contributed by atoms with Crippen LogP contribution in [0.15, 0.2) is 83.3 Å². The molecule has 0 aliphatic heterocycles. The summed E-state index contributed by atoms with van der Waals surface area (Å²) in [6, 6.07) is 25.6. The van der Waals surface area contributed by atoms with Crippen LogP contribution in [0.2, 0.25) is 0 Å². The van der Waals surface area contributed by atoms with E-state index in [1.807, 2.05) is 81.4 Å².